The molecule has 2 fully saturated rings. The summed E-state index contributed by atoms with van der Waals surface area (Å²) in [4.78, 5) is 11.2. The van der Waals surface area contributed by atoms with Crippen LogP contribution in [-0.2, 0) is 4.74 Å². The summed E-state index contributed by atoms with van der Waals surface area (Å²) >= 11 is 2.25. The first-order valence-electron chi connectivity index (χ1n) is 5.91. The molecule has 0 amide bonds. The van der Waals surface area contributed by atoms with E-state index < -0.39 is 0 Å². The van der Waals surface area contributed by atoms with Gasteiger partial charge in [-0.15, -0.1) is 0 Å². The Morgan fingerprint density at radius 2 is 1.94 bits per heavy atom. The van der Waals surface area contributed by atoms with E-state index in [4.69, 9.17) is 15.5 Å². The van der Waals surface area contributed by atoms with E-state index in [1.165, 1.54) is 12.8 Å². The van der Waals surface area contributed by atoms with Gasteiger partial charge in [0.25, 0.3) is 0 Å². The van der Waals surface area contributed by atoms with Crippen molar-refractivity contribution < 1.29 is 4.74 Å². The van der Waals surface area contributed by atoms with Gasteiger partial charge < -0.3 is 15.4 Å². The number of morpholine rings is 1. The van der Waals surface area contributed by atoms with Crippen LogP contribution in [0.15, 0.2) is 0 Å². The van der Waals surface area contributed by atoms with Crippen molar-refractivity contribution in [3.63, 3.8) is 0 Å². The fourth-order valence-corrected chi connectivity index (χ4v) is 2.68. The van der Waals surface area contributed by atoms with E-state index in [2.05, 4.69) is 32.5 Å². The molecule has 0 atom stereocenters. The molecule has 0 bridgehead atoms. The molecular formula is C11H15IN4O. The van der Waals surface area contributed by atoms with Crippen LogP contribution < -0.4 is 10.6 Å². The number of nitrogens with two attached hydrogens (primary N) is 1. The molecule has 5 nitrogen and oxygen atoms in total. The first kappa shape index (κ1) is 11.5. The Morgan fingerprint density at radius 3 is 2.59 bits per heavy atom. The van der Waals surface area contributed by atoms with Crippen molar-refractivity contribution in [3.8, 4) is 0 Å². The molecule has 2 heterocycles. The number of nitrogens with zero attached hydrogens (tertiary/aromatic N) is 3. The number of hydrogen-bond acceptors (Lipinski definition) is 5. The third-order valence-electron chi connectivity index (χ3n) is 3.15. The monoisotopic (exact) mass is 346 g/mol. The zero-order valence-corrected chi connectivity index (χ0v) is 11.7. The quantitative estimate of drug-likeness (QED) is 0.820. The number of hydrogen-bond donors (Lipinski definition) is 1. The molecule has 1 saturated heterocycles. The second kappa shape index (κ2) is 4.56. The third-order valence-corrected chi connectivity index (χ3v) is 4.25. The van der Waals surface area contributed by atoms with E-state index in [1.807, 2.05) is 0 Å². The molecule has 0 radical (unpaired) electrons. The van der Waals surface area contributed by atoms with Crippen LogP contribution in [0.4, 0.5) is 11.8 Å². The molecule has 1 saturated carbocycles. The summed E-state index contributed by atoms with van der Waals surface area (Å²) in [7, 11) is 0. The van der Waals surface area contributed by atoms with Crippen LogP contribution in [0.2, 0.25) is 0 Å². The van der Waals surface area contributed by atoms with Gasteiger partial charge in [-0.1, -0.05) is 0 Å². The van der Waals surface area contributed by atoms with Crippen LogP contribution in [0.3, 0.4) is 0 Å². The minimum absolute atomic E-state index is 0.604. The highest BCUT2D eigenvalue weighted by molar-refractivity contribution is 14.1. The van der Waals surface area contributed by atoms with E-state index in [0.29, 0.717) is 11.7 Å². The Kier molecular flexibility index (Phi) is 3.08. The van der Waals surface area contributed by atoms with Gasteiger partial charge in [0, 0.05) is 19.0 Å². The number of ether oxygens (including phenoxy) is 1. The predicted molar refractivity (Wildman–Crippen MR) is 74.2 cm³/mol. The van der Waals surface area contributed by atoms with E-state index in [9.17, 15) is 0 Å². The van der Waals surface area contributed by atoms with Gasteiger partial charge in [-0.05, 0) is 35.4 Å². The largest absolute Gasteiger partial charge is 0.383 e. The molecule has 92 valence electrons. The number of rotatable bonds is 2. The normalized spacial score (nSPS) is 20.6. The summed E-state index contributed by atoms with van der Waals surface area (Å²) in [6.45, 7) is 3.19. The highest BCUT2D eigenvalue weighted by Crippen LogP contribution is 2.42. The van der Waals surface area contributed by atoms with E-state index >= 15 is 0 Å². The molecule has 1 aliphatic carbocycles. The maximum atomic E-state index is 5.98. The first-order chi connectivity index (χ1) is 8.25. The Morgan fingerprint density at radius 1 is 1.24 bits per heavy atom. The SMILES string of the molecule is Nc1nc(N2CCOCC2)nc(C2CC2)c1I. The van der Waals surface area contributed by atoms with Crippen LogP contribution >= 0.6 is 22.6 Å². The Bertz CT molecular complexity index is 430. The van der Waals surface area contributed by atoms with Crippen molar-refractivity contribution >= 4 is 34.4 Å². The second-order valence-corrected chi connectivity index (χ2v) is 5.56. The van der Waals surface area contributed by atoms with Crippen LogP contribution in [0, 0.1) is 3.57 Å². The van der Waals surface area contributed by atoms with Crippen molar-refractivity contribution in [1.29, 1.82) is 0 Å². The first-order valence-corrected chi connectivity index (χ1v) is 6.99. The van der Waals surface area contributed by atoms with Crippen molar-refractivity contribution in [2.45, 2.75) is 18.8 Å². The smallest absolute Gasteiger partial charge is 0.227 e. The number of halogens is 1. The lowest BCUT2D eigenvalue weighted by Crippen LogP contribution is -2.37. The van der Waals surface area contributed by atoms with Gasteiger partial charge in [0.05, 0.1) is 22.5 Å². The fraction of sp³-hybridized carbons (Fsp3) is 0.636. The zero-order valence-electron chi connectivity index (χ0n) is 9.53. The maximum absolute atomic E-state index is 5.98. The summed E-state index contributed by atoms with van der Waals surface area (Å²) in [5.41, 5.74) is 7.12. The topological polar surface area (TPSA) is 64.3 Å². The number of anilines is 2. The van der Waals surface area contributed by atoms with Crippen LogP contribution in [0.1, 0.15) is 24.5 Å². The molecule has 3 rings (SSSR count). The highest BCUT2D eigenvalue weighted by atomic mass is 127. The molecule has 2 aliphatic rings. The summed E-state index contributed by atoms with van der Waals surface area (Å²) < 4.78 is 6.36. The zero-order chi connectivity index (χ0) is 11.8. The molecule has 0 aromatic carbocycles. The lowest BCUT2D eigenvalue weighted by Gasteiger charge is -2.27. The molecule has 0 unspecified atom stereocenters. The van der Waals surface area contributed by atoms with Gasteiger partial charge in [0.15, 0.2) is 0 Å². The van der Waals surface area contributed by atoms with Gasteiger partial charge in [-0.25, -0.2) is 4.98 Å². The molecule has 17 heavy (non-hydrogen) atoms. The van der Waals surface area contributed by atoms with Gasteiger partial charge in [-0.2, -0.15) is 4.98 Å². The Labute approximate surface area is 114 Å². The molecule has 1 aromatic heterocycles. The van der Waals surface area contributed by atoms with E-state index in [0.717, 1.165) is 41.5 Å². The van der Waals surface area contributed by atoms with Crippen molar-refractivity contribution in [3.05, 3.63) is 9.26 Å². The molecule has 1 aliphatic heterocycles. The number of aromatic nitrogens is 2. The average Bonchev–Trinajstić information content (AvgIpc) is 3.18. The van der Waals surface area contributed by atoms with Gasteiger partial charge in [-0.3, -0.25) is 0 Å². The summed E-state index contributed by atoms with van der Waals surface area (Å²) in [6.07, 6.45) is 2.46. The van der Waals surface area contributed by atoms with Crippen LogP contribution in [0.5, 0.6) is 0 Å². The summed E-state index contributed by atoms with van der Waals surface area (Å²) in [6, 6.07) is 0. The lowest BCUT2D eigenvalue weighted by atomic mass is 10.3. The predicted octanol–water partition coefficient (Wildman–Crippen LogP) is 1.38. The average molecular weight is 346 g/mol. The van der Waals surface area contributed by atoms with Crippen LogP contribution in [-0.4, -0.2) is 36.3 Å². The summed E-state index contributed by atoms with van der Waals surface area (Å²) in [5.74, 6) is 1.99. The molecule has 1 aromatic rings. The number of nitrogen functional groups attached to an aromatic ring is 1. The van der Waals surface area contributed by atoms with E-state index in [1.54, 1.807) is 0 Å². The molecule has 2 N–H and O–H groups in total. The van der Waals surface area contributed by atoms with Crippen molar-refractivity contribution in [2.24, 2.45) is 0 Å². The third kappa shape index (κ3) is 2.33. The van der Waals surface area contributed by atoms with Crippen molar-refractivity contribution in [2.75, 3.05) is 36.9 Å². The molecule has 6 heteroatoms. The Hall–Kier alpha value is -0.630. The highest BCUT2D eigenvalue weighted by Gasteiger charge is 2.29. The Balaban J connectivity index is 1.93. The van der Waals surface area contributed by atoms with Gasteiger partial charge in [0.1, 0.15) is 5.82 Å². The van der Waals surface area contributed by atoms with Crippen molar-refractivity contribution in [1.82, 2.24) is 9.97 Å². The van der Waals surface area contributed by atoms with E-state index in [-0.39, 0.29) is 0 Å². The minimum Gasteiger partial charge on any atom is -0.383 e. The second-order valence-electron chi connectivity index (χ2n) is 4.48. The molecule has 0 spiro atoms. The maximum Gasteiger partial charge on any atom is 0.227 e. The van der Waals surface area contributed by atoms with Gasteiger partial charge in [0.2, 0.25) is 5.95 Å². The molecular weight excluding hydrogens is 331 g/mol. The standard InChI is InChI=1S/C11H15IN4O/c12-8-9(7-1-2-7)14-11(15-10(8)13)16-3-5-17-6-4-16/h7H,1-6H2,(H2,13,14,15). The fourth-order valence-electron chi connectivity index (χ4n) is 2.00. The summed E-state index contributed by atoms with van der Waals surface area (Å²) in [5, 5.41) is 0. The van der Waals surface area contributed by atoms with Crippen LogP contribution in [0.25, 0.3) is 0 Å². The van der Waals surface area contributed by atoms with Gasteiger partial charge >= 0.3 is 0 Å². The lowest BCUT2D eigenvalue weighted by molar-refractivity contribution is 0.122. The minimum atomic E-state index is 0.604.